The molecule has 0 amide bonds. The highest BCUT2D eigenvalue weighted by molar-refractivity contribution is 9.10. The maximum absolute atomic E-state index is 6.19. The van der Waals surface area contributed by atoms with Crippen molar-refractivity contribution in [2.45, 2.75) is 26.8 Å². The molecule has 0 aliphatic heterocycles. The third-order valence-corrected chi connectivity index (χ3v) is 3.74. The van der Waals surface area contributed by atoms with E-state index in [0.29, 0.717) is 10.8 Å². The second-order valence-electron chi connectivity index (χ2n) is 4.79. The normalized spacial score (nSPS) is 10.7. The van der Waals surface area contributed by atoms with E-state index >= 15 is 0 Å². The Balaban J connectivity index is 2.25. The van der Waals surface area contributed by atoms with E-state index in [1.165, 1.54) is 0 Å². The van der Waals surface area contributed by atoms with Gasteiger partial charge >= 0.3 is 0 Å². The van der Waals surface area contributed by atoms with E-state index in [9.17, 15) is 0 Å². The number of nitrogens with zero attached hydrogens (tertiary/aromatic N) is 1. The van der Waals surface area contributed by atoms with Crippen LogP contribution in [0.2, 0.25) is 5.02 Å². The lowest BCUT2D eigenvalue weighted by atomic mass is 10.2. The fraction of sp³-hybridized carbons (Fsp3) is 0.312. The topological polar surface area (TPSA) is 34.2 Å². The lowest BCUT2D eigenvalue weighted by molar-refractivity contribution is 0.471. The summed E-state index contributed by atoms with van der Waals surface area (Å²) in [4.78, 5) is 4.34. The lowest BCUT2D eigenvalue weighted by Gasteiger charge is -2.13. The van der Waals surface area contributed by atoms with Crippen LogP contribution in [-0.4, -0.2) is 11.5 Å². The number of aromatic nitrogens is 1. The van der Waals surface area contributed by atoms with Crippen LogP contribution >= 0.6 is 27.5 Å². The highest BCUT2D eigenvalue weighted by atomic mass is 79.9. The molecular formula is C16H18BrClN2O. The van der Waals surface area contributed by atoms with Gasteiger partial charge in [-0.1, -0.05) is 34.5 Å². The average Bonchev–Trinajstić information content (AvgIpc) is 2.45. The van der Waals surface area contributed by atoms with Gasteiger partial charge in [0.1, 0.15) is 11.5 Å². The van der Waals surface area contributed by atoms with Crippen molar-refractivity contribution in [2.75, 3.05) is 6.54 Å². The monoisotopic (exact) mass is 368 g/mol. The van der Waals surface area contributed by atoms with Crippen LogP contribution in [0.1, 0.15) is 24.6 Å². The Kier molecular flexibility index (Phi) is 6.03. The van der Waals surface area contributed by atoms with Crippen LogP contribution in [0.5, 0.6) is 11.5 Å². The first-order valence-corrected chi connectivity index (χ1v) is 8.06. The third-order valence-electron chi connectivity index (χ3n) is 2.94. The first-order chi connectivity index (χ1) is 10.1. The molecule has 21 heavy (non-hydrogen) atoms. The predicted octanol–water partition coefficient (Wildman–Crippen LogP) is 5.10. The van der Waals surface area contributed by atoms with Gasteiger partial charge in [0, 0.05) is 34.5 Å². The Morgan fingerprint density at radius 2 is 2.10 bits per heavy atom. The Morgan fingerprint density at radius 3 is 2.86 bits per heavy atom. The first kappa shape index (κ1) is 16.3. The molecule has 2 aromatic rings. The minimum absolute atomic E-state index is 0.583. The standard InChI is InChI=1S/C16H18BrClN2O/c1-3-6-19-9-12-10-20-11(2)7-15(12)21-16-8-13(17)4-5-14(16)18/h4-5,7-8,10,19H,3,6,9H2,1-2H3. The summed E-state index contributed by atoms with van der Waals surface area (Å²) in [5, 5.41) is 3.94. The summed E-state index contributed by atoms with van der Waals surface area (Å²) in [5.41, 5.74) is 1.93. The molecular weight excluding hydrogens is 352 g/mol. The zero-order valence-corrected chi connectivity index (χ0v) is 14.5. The Labute approximate surface area is 138 Å². The van der Waals surface area contributed by atoms with Crippen LogP contribution in [0.3, 0.4) is 0 Å². The van der Waals surface area contributed by atoms with Crippen molar-refractivity contribution in [2.24, 2.45) is 0 Å². The maximum Gasteiger partial charge on any atom is 0.147 e. The zero-order chi connectivity index (χ0) is 15.2. The summed E-state index contributed by atoms with van der Waals surface area (Å²) >= 11 is 9.62. The van der Waals surface area contributed by atoms with Gasteiger partial charge in [-0.25, -0.2) is 0 Å². The van der Waals surface area contributed by atoms with E-state index in [0.717, 1.165) is 41.0 Å². The van der Waals surface area contributed by atoms with Crippen LogP contribution in [0.25, 0.3) is 0 Å². The molecule has 3 nitrogen and oxygen atoms in total. The average molecular weight is 370 g/mol. The molecule has 0 aliphatic carbocycles. The van der Waals surface area contributed by atoms with Gasteiger partial charge in [0.15, 0.2) is 0 Å². The van der Waals surface area contributed by atoms with E-state index in [-0.39, 0.29) is 0 Å². The fourth-order valence-electron chi connectivity index (χ4n) is 1.86. The molecule has 0 aliphatic rings. The minimum atomic E-state index is 0.583. The molecule has 0 unspecified atom stereocenters. The van der Waals surface area contributed by atoms with Crippen LogP contribution < -0.4 is 10.1 Å². The molecule has 0 atom stereocenters. The summed E-state index contributed by atoms with van der Waals surface area (Å²) in [6, 6.07) is 7.49. The van der Waals surface area contributed by atoms with Crippen molar-refractivity contribution >= 4 is 27.5 Å². The fourth-order valence-corrected chi connectivity index (χ4v) is 2.36. The maximum atomic E-state index is 6.19. The Morgan fingerprint density at radius 1 is 1.29 bits per heavy atom. The summed E-state index contributed by atoms with van der Waals surface area (Å²) in [6.45, 7) is 5.77. The van der Waals surface area contributed by atoms with Crippen LogP contribution in [0.15, 0.2) is 34.9 Å². The molecule has 0 bridgehead atoms. The van der Waals surface area contributed by atoms with Gasteiger partial charge in [-0.3, -0.25) is 4.98 Å². The highest BCUT2D eigenvalue weighted by Crippen LogP contribution is 2.33. The van der Waals surface area contributed by atoms with Crippen molar-refractivity contribution in [3.05, 3.63) is 51.2 Å². The number of nitrogens with one attached hydrogen (secondary N) is 1. The summed E-state index contributed by atoms with van der Waals surface area (Å²) in [6.07, 6.45) is 2.94. The first-order valence-electron chi connectivity index (χ1n) is 6.89. The molecule has 1 aromatic carbocycles. The molecule has 0 radical (unpaired) electrons. The van der Waals surface area contributed by atoms with Gasteiger partial charge in [0.25, 0.3) is 0 Å². The van der Waals surface area contributed by atoms with E-state index in [1.54, 1.807) is 0 Å². The molecule has 2 rings (SSSR count). The number of pyridine rings is 1. The van der Waals surface area contributed by atoms with Crippen molar-refractivity contribution in [3.8, 4) is 11.5 Å². The molecule has 1 heterocycles. The van der Waals surface area contributed by atoms with E-state index < -0.39 is 0 Å². The number of hydrogen-bond acceptors (Lipinski definition) is 3. The summed E-state index contributed by atoms with van der Waals surface area (Å²) < 4.78 is 6.92. The number of rotatable bonds is 6. The van der Waals surface area contributed by atoms with Crippen LogP contribution in [-0.2, 0) is 6.54 Å². The molecule has 112 valence electrons. The molecule has 1 aromatic heterocycles. The Bertz CT molecular complexity index is 619. The smallest absolute Gasteiger partial charge is 0.147 e. The zero-order valence-electron chi connectivity index (χ0n) is 12.1. The lowest BCUT2D eigenvalue weighted by Crippen LogP contribution is -2.14. The van der Waals surface area contributed by atoms with Crippen molar-refractivity contribution in [1.82, 2.24) is 10.3 Å². The van der Waals surface area contributed by atoms with Crippen molar-refractivity contribution in [1.29, 1.82) is 0 Å². The largest absolute Gasteiger partial charge is 0.455 e. The molecule has 0 saturated heterocycles. The van der Waals surface area contributed by atoms with Gasteiger partial charge in [0.05, 0.1) is 5.02 Å². The van der Waals surface area contributed by atoms with Gasteiger partial charge in [-0.15, -0.1) is 0 Å². The number of benzene rings is 1. The molecule has 0 saturated carbocycles. The molecule has 1 N–H and O–H groups in total. The Hall–Kier alpha value is -1.10. The van der Waals surface area contributed by atoms with Gasteiger partial charge < -0.3 is 10.1 Å². The molecule has 0 fully saturated rings. The summed E-state index contributed by atoms with van der Waals surface area (Å²) in [7, 11) is 0. The number of halogens is 2. The van der Waals surface area contributed by atoms with Gasteiger partial charge in [-0.05, 0) is 38.1 Å². The number of ether oxygens (including phenoxy) is 1. The molecule has 5 heteroatoms. The quantitative estimate of drug-likeness (QED) is 0.719. The van der Waals surface area contributed by atoms with Crippen molar-refractivity contribution in [3.63, 3.8) is 0 Å². The SMILES string of the molecule is CCCNCc1cnc(C)cc1Oc1cc(Br)ccc1Cl. The summed E-state index contributed by atoms with van der Waals surface area (Å²) in [5.74, 6) is 1.42. The third kappa shape index (κ3) is 4.70. The minimum Gasteiger partial charge on any atom is -0.455 e. The van der Waals surface area contributed by atoms with Gasteiger partial charge in [0.2, 0.25) is 0 Å². The second kappa shape index (κ2) is 7.78. The predicted molar refractivity (Wildman–Crippen MR) is 90.2 cm³/mol. The number of hydrogen-bond donors (Lipinski definition) is 1. The number of aryl methyl sites for hydroxylation is 1. The van der Waals surface area contributed by atoms with Crippen LogP contribution in [0.4, 0.5) is 0 Å². The second-order valence-corrected chi connectivity index (χ2v) is 6.11. The van der Waals surface area contributed by atoms with Gasteiger partial charge in [-0.2, -0.15) is 0 Å². The molecule has 0 spiro atoms. The van der Waals surface area contributed by atoms with E-state index in [2.05, 4.69) is 33.2 Å². The van der Waals surface area contributed by atoms with E-state index in [1.807, 2.05) is 37.4 Å². The highest BCUT2D eigenvalue weighted by Gasteiger charge is 2.09. The van der Waals surface area contributed by atoms with Crippen LogP contribution in [0, 0.1) is 6.92 Å². The van der Waals surface area contributed by atoms with Crippen molar-refractivity contribution < 1.29 is 4.74 Å². The van der Waals surface area contributed by atoms with E-state index in [4.69, 9.17) is 16.3 Å².